The highest BCUT2D eigenvalue weighted by atomic mass is 32.1. The first kappa shape index (κ1) is 14.6. The molecule has 0 aromatic carbocycles. The first-order chi connectivity index (χ1) is 10.3. The molecule has 112 valence electrons. The molecule has 4 nitrogen and oxygen atoms in total. The van der Waals surface area contributed by atoms with E-state index in [4.69, 9.17) is 0 Å². The molecule has 21 heavy (non-hydrogen) atoms. The van der Waals surface area contributed by atoms with Crippen molar-refractivity contribution in [3.63, 3.8) is 0 Å². The lowest BCUT2D eigenvalue weighted by Crippen LogP contribution is -2.39. The summed E-state index contributed by atoms with van der Waals surface area (Å²) in [6, 6.07) is 6.84. The van der Waals surface area contributed by atoms with Gasteiger partial charge in [-0.25, -0.2) is 0 Å². The summed E-state index contributed by atoms with van der Waals surface area (Å²) in [6.07, 6.45) is 8.09. The normalized spacial score (nSPS) is 19.8. The van der Waals surface area contributed by atoms with Crippen LogP contribution in [-0.4, -0.2) is 32.7 Å². The molecule has 3 heterocycles. The van der Waals surface area contributed by atoms with Crippen molar-refractivity contribution < 1.29 is 0 Å². The van der Waals surface area contributed by atoms with Gasteiger partial charge < -0.3 is 0 Å². The molecule has 0 spiro atoms. The molecular weight excluding hydrogens is 280 g/mol. The van der Waals surface area contributed by atoms with Crippen molar-refractivity contribution in [1.82, 2.24) is 20.1 Å². The minimum atomic E-state index is 0.657. The predicted octanol–water partition coefficient (Wildman–Crippen LogP) is 3.23. The Balaban J connectivity index is 1.59. The second-order valence-corrected chi connectivity index (χ2v) is 6.96. The summed E-state index contributed by atoms with van der Waals surface area (Å²) in [7, 11) is 0. The maximum Gasteiger partial charge on any atom is 0.131 e. The van der Waals surface area contributed by atoms with Crippen LogP contribution in [0.15, 0.2) is 24.4 Å². The highest BCUT2D eigenvalue weighted by Crippen LogP contribution is 2.24. The van der Waals surface area contributed by atoms with Crippen LogP contribution in [0.2, 0.25) is 0 Å². The van der Waals surface area contributed by atoms with Gasteiger partial charge in [-0.15, -0.1) is 21.5 Å². The van der Waals surface area contributed by atoms with Crippen LogP contribution in [0.1, 0.15) is 41.4 Å². The van der Waals surface area contributed by atoms with E-state index >= 15 is 0 Å². The Kier molecular flexibility index (Phi) is 4.93. The summed E-state index contributed by atoms with van der Waals surface area (Å²) in [4.78, 5) is 7.03. The van der Waals surface area contributed by atoms with Crippen LogP contribution in [0.4, 0.5) is 0 Å². The third kappa shape index (κ3) is 4.08. The molecular formula is C16H22N4S. The van der Waals surface area contributed by atoms with Crippen LogP contribution in [0, 0.1) is 6.92 Å². The minimum Gasteiger partial charge on any atom is -0.294 e. The Labute approximate surface area is 130 Å². The van der Waals surface area contributed by atoms with Crippen molar-refractivity contribution >= 4 is 11.3 Å². The van der Waals surface area contributed by atoms with Crippen molar-refractivity contribution in [2.75, 3.05) is 6.54 Å². The number of aryl methyl sites for hydroxylation is 2. The summed E-state index contributed by atoms with van der Waals surface area (Å²) in [5.41, 5.74) is 1.20. The van der Waals surface area contributed by atoms with Crippen molar-refractivity contribution in [3.05, 3.63) is 40.1 Å². The quantitative estimate of drug-likeness (QED) is 0.850. The van der Waals surface area contributed by atoms with Crippen molar-refractivity contribution in [1.29, 1.82) is 0 Å². The smallest absolute Gasteiger partial charge is 0.131 e. The number of piperidine rings is 1. The molecule has 5 heteroatoms. The number of nitrogens with zero attached hydrogens (tertiary/aromatic N) is 4. The predicted molar refractivity (Wildman–Crippen MR) is 85.3 cm³/mol. The molecule has 1 atom stereocenters. The second-order valence-electron chi connectivity index (χ2n) is 5.69. The van der Waals surface area contributed by atoms with E-state index in [2.05, 4.69) is 32.2 Å². The van der Waals surface area contributed by atoms with Gasteiger partial charge in [-0.1, -0.05) is 12.5 Å². The van der Waals surface area contributed by atoms with E-state index in [-0.39, 0.29) is 0 Å². The van der Waals surface area contributed by atoms with E-state index in [1.807, 2.05) is 19.2 Å². The molecule has 0 saturated carbocycles. The Hall–Kier alpha value is -1.33. The molecule has 0 bridgehead atoms. The lowest BCUT2D eigenvalue weighted by atomic mass is 9.97. The van der Waals surface area contributed by atoms with Crippen molar-refractivity contribution in [2.45, 2.75) is 51.6 Å². The molecule has 0 N–H and O–H groups in total. The largest absolute Gasteiger partial charge is 0.294 e. The number of likely N-dealkylation sites (tertiary alicyclic amines) is 1. The Bertz CT molecular complexity index is 554. The zero-order valence-electron chi connectivity index (χ0n) is 12.5. The average Bonchev–Trinajstić information content (AvgIpc) is 2.93. The third-order valence-corrected chi connectivity index (χ3v) is 4.94. The first-order valence-corrected chi connectivity index (χ1v) is 8.56. The molecule has 0 unspecified atom stereocenters. The van der Waals surface area contributed by atoms with E-state index < -0.39 is 0 Å². The van der Waals surface area contributed by atoms with E-state index in [0.29, 0.717) is 6.04 Å². The highest BCUT2D eigenvalue weighted by Gasteiger charge is 2.23. The first-order valence-electron chi connectivity index (χ1n) is 7.74. The van der Waals surface area contributed by atoms with Gasteiger partial charge >= 0.3 is 0 Å². The highest BCUT2D eigenvalue weighted by molar-refractivity contribution is 7.11. The number of hydrogen-bond acceptors (Lipinski definition) is 5. The fourth-order valence-corrected chi connectivity index (χ4v) is 3.77. The van der Waals surface area contributed by atoms with Crippen molar-refractivity contribution in [3.8, 4) is 0 Å². The van der Waals surface area contributed by atoms with Crippen molar-refractivity contribution in [2.24, 2.45) is 0 Å². The monoisotopic (exact) mass is 302 g/mol. The fraction of sp³-hybridized carbons (Fsp3) is 0.562. The van der Waals surface area contributed by atoms with Gasteiger partial charge in [-0.05, 0) is 51.3 Å². The van der Waals surface area contributed by atoms with Gasteiger partial charge in [0.05, 0.1) is 6.54 Å². The van der Waals surface area contributed by atoms with Gasteiger partial charge in [-0.3, -0.25) is 9.88 Å². The summed E-state index contributed by atoms with van der Waals surface area (Å²) in [6.45, 7) is 4.17. The Morgan fingerprint density at radius 2 is 2.24 bits per heavy atom. The van der Waals surface area contributed by atoms with Crippen LogP contribution >= 0.6 is 11.3 Å². The summed E-state index contributed by atoms with van der Waals surface area (Å²) < 4.78 is 0. The molecule has 0 aliphatic carbocycles. The van der Waals surface area contributed by atoms with Crippen LogP contribution < -0.4 is 0 Å². The molecule has 2 aromatic rings. The molecule has 1 aliphatic heterocycles. The zero-order chi connectivity index (χ0) is 14.5. The molecule has 0 radical (unpaired) electrons. The van der Waals surface area contributed by atoms with E-state index in [0.717, 1.165) is 23.0 Å². The van der Waals surface area contributed by atoms with Crippen LogP contribution in [-0.2, 0) is 13.0 Å². The average molecular weight is 302 g/mol. The van der Waals surface area contributed by atoms with Gasteiger partial charge in [0.2, 0.25) is 0 Å². The lowest BCUT2D eigenvalue weighted by Gasteiger charge is -2.35. The van der Waals surface area contributed by atoms with E-state index in [1.165, 1.54) is 37.9 Å². The van der Waals surface area contributed by atoms with Crippen LogP contribution in [0.5, 0.6) is 0 Å². The second kappa shape index (κ2) is 7.09. The minimum absolute atomic E-state index is 0.657. The number of pyridine rings is 1. The van der Waals surface area contributed by atoms with Gasteiger partial charge in [-0.2, -0.15) is 0 Å². The van der Waals surface area contributed by atoms with Crippen LogP contribution in [0.25, 0.3) is 0 Å². The van der Waals surface area contributed by atoms with E-state index in [1.54, 1.807) is 11.3 Å². The SMILES string of the molecule is Cc1nnc(CN2CCCC[C@H]2CCc2ccccn2)s1. The maximum absolute atomic E-state index is 4.44. The number of rotatable bonds is 5. The standard InChI is InChI=1S/C16H22N4S/c1-13-18-19-16(21-13)12-20-11-5-3-7-15(20)9-8-14-6-2-4-10-17-14/h2,4,6,10,15H,3,5,7-9,11-12H2,1H3/t15-/m0/s1. The zero-order valence-corrected chi connectivity index (χ0v) is 13.4. The van der Waals surface area contributed by atoms with Gasteiger partial charge in [0.1, 0.15) is 10.0 Å². The number of hydrogen-bond donors (Lipinski definition) is 0. The number of aromatic nitrogens is 3. The maximum atomic E-state index is 4.44. The molecule has 2 aromatic heterocycles. The lowest BCUT2D eigenvalue weighted by molar-refractivity contribution is 0.132. The fourth-order valence-electron chi connectivity index (χ4n) is 3.03. The molecule has 0 amide bonds. The van der Waals surface area contributed by atoms with Gasteiger partial charge in [0.25, 0.3) is 0 Å². The molecule has 3 rings (SSSR count). The van der Waals surface area contributed by atoms with Gasteiger partial charge in [0, 0.05) is 17.9 Å². The topological polar surface area (TPSA) is 41.9 Å². The summed E-state index contributed by atoms with van der Waals surface area (Å²) >= 11 is 1.72. The molecule has 1 fully saturated rings. The summed E-state index contributed by atoms with van der Waals surface area (Å²) in [5, 5.41) is 10.6. The molecule has 1 saturated heterocycles. The van der Waals surface area contributed by atoms with Gasteiger partial charge in [0.15, 0.2) is 0 Å². The van der Waals surface area contributed by atoms with E-state index in [9.17, 15) is 0 Å². The summed E-state index contributed by atoms with van der Waals surface area (Å²) in [5.74, 6) is 0. The van der Waals surface area contributed by atoms with Crippen LogP contribution in [0.3, 0.4) is 0 Å². The Morgan fingerprint density at radius 1 is 1.29 bits per heavy atom. The Morgan fingerprint density at radius 3 is 3.00 bits per heavy atom. The third-order valence-electron chi connectivity index (χ3n) is 4.12. The molecule has 1 aliphatic rings.